The van der Waals surface area contributed by atoms with Crippen LogP contribution in [0.15, 0.2) is 23.1 Å². The standard InChI is InChI=1S/C25H28F6N4O6S/c1-41-19-9-15(10-23(19,21(37)38)18-11-22(18,12-32)20(33)36)42(39,40)17-3-2-14(8-16(17)25(29,30)31)35-6-4-34(5-7-35)13-24(26,27)28/h2-3,8,15,18-19H,4-7,9-11,13H2,1H3,(H2,33,36)(H,37,38)/t15-,18?,19+,22?,23+/m1/s1. The number of amides is 1. The van der Waals surface area contributed by atoms with Gasteiger partial charge in [-0.1, -0.05) is 0 Å². The lowest BCUT2D eigenvalue weighted by atomic mass is 9.75. The van der Waals surface area contributed by atoms with E-state index in [2.05, 4.69) is 0 Å². The van der Waals surface area contributed by atoms with E-state index >= 15 is 0 Å². The molecule has 1 amide bonds. The van der Waals surface area contributed by atoms with E-state index in [1.54, 1.807) is 6.07 Å². The second-order valence-corrected chi connectivity index (χ2v) is 13.1. The molecule has 232 valence electrons. The van der Waals surface area contributed by atoms with Crippen LogP contribution in [0.25, 0.3) is 0 Å². The van der Waals surface area contributed by atoms with Crippen LogP contribution in [-0.4, -0.2) is 87.7 Å². The largest absolute Gasteiger partial charge is 0.481 e. The van der Waals surface area contributed by atoms with Crippen molar-refractivity contribution in [3.8, 4) is 6.07 Å². The number of carboxylic acid groups (broad SMARTS) is 1. The van der Waals surface area contributed by atoms with Gasteiger partial charge >= 0.3 is 18.3 Å². The Morgan fingerprint density at radius 3 is 2.21 bits per heavy atom. The van der Waals surface area contributed by atoms with Crippen LogP contribution >= 0.6 is 0 Å². The number of anilines is 1. The lowest BCUT2D eigenvalue weighted by Crippen LogP contribution is -2.49. The molecule has 42 heavy (non-hydrogen) atoms. The Bertz CT molecular complexity index is 1410. The van der Waals surface area contributed by atoms with Crippen molar-refractivity contribution in [1.82, 2.24) is 4.90 Å². The summed E-state index contributed by atoms with van der Waals surface area (Å²) in [5.74, 6) is -3.87. The summed E-state index contributed by atoms with van der Waals surface area (Å²) >= 11 is 0. The highest BCUT2D eigenvalue weighted by Gasteiger charge is 2.75. The zero-order chi connectivity index (χ0) is 31.5. The van der Waals surface area contributed by atoms with Gasteiger partial charge in [0.25, 0.3) is 0 Å². The van der Waals surface area contributed by atoms with E-state index in [1.807, 2.05) is 0 Å². The maximum Gasteiger partial charge on any atom is 0.417 e. The van der Waals surface area contributed by atoms with Crippen LogP contribution in [0.2, 0.25) is 0 Å². The van der Waals surface area contributed by atoms with E-state index < -0.39 is 92.0 Å². The highest BCUT2D eigenvalue weighted by molar-refractivity contribution is 7.92. The molecule has 0 bridgehead atoms. The molecule has 2 saturated carbocycles. The van der Waals surface area contributed by atoms with E-state index in [0.29, 0.717) is 6.07 Å². The second-order valence-electron chi connectivity index (χ2n) is 10.9. The molecular formula is C25H28F6N4O6S. The molecule has 2 aliphatic carbocycles. The van der Waals surface area contributed by atoms with Gasteiger partial charge in [-0.3, -0.25) is 14.5 Å². The highest BCUT2D eigenvalue weighted by atomic mass is 32.2. The average Bonchev–Trinajstić information content (AvgIpc) is 3.52. The number of ether oxygens (including phenoxy) is 1. The van der Waals surface area contributed by atoms with Crippen molar-refractivity contribution in [2.24, 2.45) is 22.5 Å². The number of hydrogen-bond acceptors (Lipinski definition) is 8. The Morgan fingerprint density at radius 1 is 1.14 bits per heavy atom. The first kappa shape index (κ1) is 31.8. The van der Waals surface area contributed by atoms with E-state index in [9.17, 15) is 54.7 Å². The van der Waals surface area contributed by atoms with E-state index in [4.69, 9.17) is 10.5 Å². The van der Waals surface area contributed by atoms with Crippen LogP contribution in [0.1, 0.15) is 24.8 Å². The molecule has 1 aromatic rings. The van der Waals surface area contributed by atoms with Gasteiger partial charge in [-0.15, -0.1) is 0 Å². The molecule has 1 aromatic carbocycles. The first-order chi connectivity index (χ1) is 19.3. The van der Waals surface area contributed by atoms with Gasteiger partial charge in [0.2, 0.25) is 5.91 Å². The number of hydrogen-bond donors (Lipinski definition) is 2. The number of carbonyl (C=O) groups excluding carboxylic acids is 1. The maximum atomic E-state index is 14.2. The predicted octanol–water partition coefficient (Wildman–Crippen LogP) is 2.43. The molecule has 2 unspecified atom stereocenters. The summed E-state index contributed by atoms with van der Waals surface area (Å²) in [6.45, 7) is -1.37. The zero-order valence-corrected chi connectivity index (χ0v) is 23.0. The number of piperazine rings is 1. The topological polar surface area (TPSA) is 154 Å². The molecule has 1 heterocycles. The summed E-state index contributed by atoms with van der Waals surface area (Å²) in [6, 6.07) is 4.22. The fourth-order valence-corrected chi connectivity index (χ4v) is 8.46. The Labute approximate surface area is 236 Å². The molecule has 3 aliphatic rings. The molecule has 4 rings (SSSR count). The molecule has 10 nitrogen and oxygen atoms in total. The Hall–Kier alpha value is -3.10. The molecule has 3 fully saturated rings. The lowest BCUT2D eigenvalue weighted by Gasteiger charge is -2.36. The summed E-state index contributed by atoms with van der Waals surface area (Å²) in [4.78, 5) is 26.0. The highest BCUT2D eigenvalue weighted by Crippen LogP contribution is 2.66. The number of aliphatic carboxylic acids is 1. The van der Waals surface area contributed by atoms with Crippen molar-refractivity contribution < 1.29 is 54.2 Å². The van der Waals surface area contributed by atoms with Crippen LogP contribution in [-0.2, 0) is 30.3 Å². The third-order valence-corrected chi connectivity index (χ3v) is 10.9. The minimum Gasteiger partial charge on any atom is -0.481 e. The number of carbonyl (C=O) groups is 2. The van der Waals surface area contributed by atoms with Gasteiger partial charge in [0.1, 0.15) is 10.8 Å². The van der Waals surface area contributed by atoms with Gasteiger partial charge < -0.3 is 20.5 Å². The Kier molecular flexibility index (Phi) is 8.00. The number of alkyl halides is 6. The van der Waals surface area contributed by atoms with E-state index in [0.717, 1.165) is 24.1 Å². The number of methoxy groups -OCH3 is 1. The number of rotatable bonds is 8. The Morgan fingerprint density at radius 2 is 1.76 bits per heavy atom. The van der Waals surface area contributed by atoms with Gasteiger partial charge in [-0.05, 0) is 37.5 Å². The minimum absolute atomic E-state index is 0.0271. The maximum absolute atomic E-state index is 14.2. The van der Waals surface area contributed by atoms with E-state index in [-0.39, 0.29) is 38.3 Å². The van der Waals surface area contributed by atoms with Gasteiger partial charge in [0.05, 0.1) is 34.4 Å². The van der Waals surface area contributed by atoms with Crippen LogP contribution < -0.4 is 10.6 Å². The summed E-state index contributed by atoms with van der Waals surface area (Å²) < 4.78 is 114. The number of nitrogens with zero attached hydrogens (tertiary/aromatic N) is 3. The molecule has 0 aromatic heterocycles. The molecule has 3 N–H and O–H groups in total. The van der Waals surface area contributed by atoms with E-state index in [1.165, 1.54) is 4.90 Å². The summed E-state index contributed by atoms with van der Waals surface area (Å²) in [5.41, 5.74) is -0.154. The molecule has 5 atom stereocenters. The van der Waals surface area contributed by atoms with Crippen molar-refractivity contribution in [3.05, 3.63) is 23.8 Å². The third kappa shape index (κ3) is 5.39. The van der Waals surface area contributed by atoms with Crippen molar-refractivity contribution in [1.29, 1.82) is 5.26 Å². The zero-order valence-electron chi connectivity index (χ0n) is 22.2. The fourth-order valence-electron chi connectivity index (χ4n) is 6.44. The lowest BCUT2D eigenvalue weighted by molar-refractivity contribution is -0.159. The SMILES string of the molecule is CO[C@H]1C[C@@H](S(=O)(=O)c2ccc(N3CCN(CC(F)(F)F)CC3)cc2C(F)(F)F)C[C@]1(C(=O)O)C1CC1(C#N)C(N)=O. The number of primary amides is 1. The Balaban J connectivity index is 1.66. The molecule has 1 saturated heterocycles. The summed E-state index contributed by atoms with van der Waals surface area (Å²) in [5, 5.41) is 18.1. The number of nitrogens with two attached hydrogens (primary N) is 1. The van der Waals surface area contributed by atoms with Gasteiger partial charge in [-0.25, -0.2) is 8.42 Å². The number of sulfone groups is 1. The average molecular weight is 627 g/mol. The smallest absolute Gasteiger partial charge is 0.417 e. The number of halogens is 6. The quantitative estimate of drug-likeness (QED) is 0.414. The number of nitriles is 1. The summed E-state index contributed by atoms with van der Waals surface area (Å²) in [6.07, 6.45) is -12.4. The second kappa shape index (κ2) is 10.6. The van der Waals surface area contributed by atoms with Gasteiger partial charge in [0, 0.05) is 44.9 Å². The van der Waals surface area contributed by atoms with Gasteiger partial charge in [0.15, 0.2) is 9.84 Å². The minimum atomic E-state index is -5.15. The predicted molar refractivity (Wildman–Crippen MR) is 133 cm³/mol. The number of benzene rings is 1. The monoisotopic (exact) mass is 626 g/mol. The number of carboxylic acids is 1. The molecular weight excluding hydrogens is 598 g/mol. The molecule has 1 aliphatic heterocycles. The van der Waals surface area contributed by atoms with Crippen molar-refractivity contribution in [2.75, 3.05) is 44.7 Å². The summed E-state index contributed by atoms with van der Waals surface area (Å²) in [7, 11) is -3.76. The van der Waals surface area contributed by atoms with Crippen LogP contribution in [0.3, 0.4) is 0 Å². The normalized spacial score (nSPS) is 30.6. The van der Waals surface area contributed by atoms with Crippen LogP contribution in [0.5, 0.6) is 0 Å². The third-order valence-electron chi connectivity index (χ3n) is 8.68. The molecule has 17 heteroatoms. The first-order valence-corrected chi connectivity index (χ1v) is 14.3. The van der Waals surface area contributed by atoms with Gasteiger partial charge in [-0.2, -0.15) is 31.6 Å². The van der Waals surface area contributed by atoms with Crippen molar-refractivity contribution >= 4 is 27.4 Å². The van der Waals surface area contributed by atoms with Crippen LogP contribution in [0, 0.1) is 28.1 Å². The van der Waals surface area contributed by atoms with Crippen LogP contribution in [0.4, 0.5) is 32.0 Å². The molecule has 0 spiro atoms. The fraction of sp³-hybridized carbons (Fsp3) is 0.640. The van der Waals surface area contributed by atoms with Crippen molar-refractivity contribution in [3.63, 3.8) is 0 Å². The molecule has 0 radical (unpaired) electrons. The first-order valence-electron chi connectivity index (χ1n) is 12.8. The van der Waals surface area contributed by atoms with Crippen molar-refractivity contribution in [2.45, 2.75) is 47.9 Å².